The van der Waals surface area contributed by atoms with Gasteiger partial charge in [0.15, 0.2) is 0 Å². The van der Waals surface area contributed by atoms with Gasteiger partial charge in [-0.05, 0) is 20.3 Å². The molecule has 0 aromatic heterocycles. The normalized spacial score (nSPS) is 15.9. The molecule has 0 aromatic rings. The monoisotopic (exact) mass is 146 g/mol. The van der Waals surface area contributed by atoms with Crippen molar-refractivity contribution in [2.24, 2.45) is 5.73 Å². The van der Waals surface area contributed by atoms with Crippen LogP contribution in [0.4, 0.5) is 4.79 Å². The van der Waals surface area contributed by atoms with Crippen molar-refractivity contribution in [2.45, 2.75) is 32.4 Å². The lowest BCUT2D eigenvalue weighted by Gasteiger charge is -2.12. The molecule has 0 bridgehead atoms. The topological polar surface area (TPSA) is 75.3 Å². The number of aliphatic hydroxyl groups is 1. The molecule has 2 atom stereocenters. The Bertz CT molecular complexity index is 114. The van der Waals surface area contributed by atoms with Crippen molar-refractivity contribution in [3.05, 3.63) is 0 Å². The second-order valence-electron chi connectivity index (χ2n) is 2.49. The molecule has 0 aliphatic carbocycles. The lowest BCUT2D eigenvalue weighted by atomic mass is 10.2. The first-order valence-electron chi connectivity index (χ1n) is 3.26. The van der Waals surface area contributed by atoms with Crippen LogP contribution in [-0.4, -0.2) is 23.3 Å². The van der Waals surface area contributed by atoms with Gasteiger partial charge in [0.05, 0.1) is 6.10 Å². The molecule has 0 fully saturated rings. The number of carbonyl (C=O) groups is 1. The van der Waals surface area contributed by atoms with Crippen LogP contribution in [-0.2, 0) is 0 Å². The summed E-state index contributed by atoms with van der Waals surface area (Å²) in [5, 5.41) is 11.3. The summed E-state index contributed by atoms with van der Waals surface area (Å²) in [6.07, 6.45) is 0.130. The van der Waals surface area contributed by atoms with Crippen LogP contribution in [0.3, 0.4) is 0 Å². The number of nitrogens with one attached hydrogen (secondary N) is 1. The quantitative estimate of drug-likeness (QED) is 0.516. The Morgan fingerprint density at radius 3 is 2.50 bits per heavy atom. The van der Waals surface area contributed by atoms with Gasteiger partial charge in [-0.15, -0.1) is 0 Å². The Balaban J connectivity index is 3.43. The summed E-state index contributed by atoms with van der Waals surface area (Å²) < 4.78 is 0. The van der Waals surface area contributed by atoms with Crippen LogP contribution in [0.1, 0.15) is 20.3 Å². The average Bonchev–Trinajstić information content (AvgIpc) is 1.58. The van der Waals surface area contributed by atoms with Gasteiger partial charge in [0.2, 0.25) is 0 Å². The van der Waals surface area contributed by atoms with Gasteiger partial charge in [0.25, 0.3) is 0 Å². The van der Waals surface area contributed by atoms with Gasteiger partial charge in [-0.25, -0.2) is 4.79 Å². The molecule has 4 nitrogen and oxygen atoms in total. The van der Waals surface area contributed by atoms with Crippen LogP contribution in [0, 0.1) is 0 Å². The van der Waals surface area contributed by atoms with Gasteiger partial charge in [-0.3, -0.25) is 0 Å². The zero-order valence-electron chi connectivity index (χ0n) is 6.29. The molecule has 0 rings (SSSR count). The summed E-state index contributed by atoms with van der Waals surface area (Å²) in [6, 6.07) is -0.606. The van der Waals surface area contributed by atoms with Gasteiger partial charge < -0.3 is 16.2 Å². The molecule has 0 aliphatic heterocycles. The SMILES string of the molecule is CC(O)CC(C)NC(N)=O. The Labute approximate surface area is 60.4 Å². The number of amides is 2. The smallest absolute Gasteiger partial charge is 0.312 e. The maximum Gasteiger partial charge on any atom is 0.312 e. The standard InChI is InChI=1S/C6H14N2O2/c1-4(3-5(2)9)8-6(7)10/h4-5,9H,3H2,1-2H3,(H3,7,8,10). The second-order valence-corrected chi connectivity index (χ2v) is 2.49. The minimum atomic E-state index is -0.548. The highest BCUT2D eigenvalue weighted by atomic mass is 16.3. The van der Waals surface area contributed by atoms with E-state index in [4.69, 9.17) is 10.8 Å². The van der Waals surface area contributed by atoms with Crippen LogP contribution in [0.5, 0.6) is 0 Å². The van der Waals surface area contributed by atoms with Crippen molar-refractivity contribution < 1.29 is 9.90 Å². The van der Waals surface area contributed by atoms with Gasteiger partial charge >= 0.3 is 6.03 Å². The van der Waals surface area contributed by atoms with E-state index in [0.717, 1.165) is 0 Å². The maximum atomic E-state index is 10.2. The van der Waals surface area contributed by atoms with Crippen molar-refractivity contribution in [1.82, 2.24) is 5.32 Å². The Morgan fingerprint density at radius 2 is 2.20 bits per heavy atom. The molecule has 60 valence electrons. The average molecular weight is 146 g/mol. The molecule has 0 radical (unpaired) electrons. The molecule has 0 heterocycles. The Kier molecular flexibility index (Phi) is 3.79. The van der Waals surface area contributed by atoms with E-state index in [1.54, 1.807) is 13.8 Å². The minimum Gasteiger partial charge on any atom is -0.393 e. The predicted molar refractivity (Wildman–Crippen MR) is 38.5 cm³/mol. The van der Waals surface area contributed by atoms with Gasteiger partial charge in [-0.1, -0.05) is 0 Å². The molecular weight excluding hydrogens is 132 g/mol. The van der Waals surface area contributed by atoms with E-state index < -0.39 is 12.1 Å². The van der Waals surface area contributed by atoms with Crippen LogP contribution in [0.15, 0.2) is 0 Å². The summed E-state index contributed by atoms with van der Waals surface area (Å²) in [5.41, 5.74) is 4.84. The number of rotatable bonds is 3. The summed E-state index contributed by atoms with van der Waals surface area (Å²) in [5.74, 6) is 0. The highest BCUT2D eigenvalue weighted by Gasteiger charge is 2.05. The molecule has 4 N–H and O–H groups in total. The zero-order valence-corrected chi connectivity index (χ0v) is 6.29. The largest absolute Gasteiger partial charge is 0.393 e. The Morgan fingerprint density at radius 1 is 1.70 bits per heavy atom. The van der Waals surface area contributed by atoms with E-state index in [-0.39, 0.29) is 6.04 Å². The first kappa shape index (κ1) is 9.23. The number of urea groups is 1. The second kappa shape index (κ2) is 4.11. The Hall–Kier alpha value is -0.770. The first-order chi connectivity index (χ1) is 4.52. The molecule has 0 spiro atoms. The molecule has 0 aliphatic rings. The zero-order chi connectivity index (χ0) is 8.15. The molecule has 0 saturated carbocycles. The molecule has 2 amide bonds. The molecule has 0 saturated heterocycles. The first-order valence-corrected chi connectivity index (χ1v) is 3.26. The lowest BCUT2D eigenvalue weighted by molar-refractivity contribution is 0.171. The predicted octanol–water partition coefficient (Wildman–Crippen LogP) is -0.186. The van der Waals surface area contributed by atoms with E-state index in [9.17, 15) is 4.79 Å². The third-order valence-electron chi connectivity index (χ3n) is 1.08. The third-order valence-corrected chi connectivity index (χ3v) is 1.08. The van der Waals surface area contributed by atoms with Crippen LogP contribution < -0.4 is 11.1 Å². The molecular formula is C6H14N2O2. The lowest BCUT2D eigenvalue weighted by Crippen LogP contribution is -2.38. The molecule has 2 unspecified atom stereocenters. The minimum absolute atomic E-state index is 0.0579. The van der Waals surface area contributed by atoms with Gasteiger partial charge in [0, 0.05) is 6.04 Å². The third kappa shape index (κ3) is 5.37. The van der Waals surface area contributed by atoms with Crippen molar-refractivity contribution >= 4 is 6.03 Å². The number of hydrogen-bond acceptors (Lipinski definition) is 2. The highest BCUT2D eigenvalue weighted by Crippen LogP contribution is 1.94. The van der Waals surface area contributed by atoms with Gasteiger partial charge in [-0.2, -0.15) is 0 Å². The fraction of sp³-hybridized carbons (Fsp3) is 0.833. The van der Waals surface area contributed by atoms with Crippen LogP contribution in [0.2, 0.25) is 0 Å². The van der Waals surface area contributed by atoms with Gasteiger partial charge in [0.1, 0.15) is 0 Å². The maximum absolute atomic E-state index is 10.2. The van der Waals surface area contributed by atoms with E-state index in [0.29, 0.717) is 6.42 Å². The fourth-order valence-electron chi connectivity index (χ4n) is 0.813. The highest BCUT2D eigenvalue weighted by molar-refractivity contribution is 5.71. The number of hydrogen-bond donors (Lipinski definition) is 3. The van der Waals surface area contributed by atoms with Crippen LogP contribution in [0.25, 0.3) is 0 Å². The summed E-state index contributed by atoms with van der Waals surface area (Å²) >= 11 is 0. The summed E-state index contributed by atoms with van der Waals surface area (Å²) in [7, 11) is 0. The number of aliphatic hydroxyl groups excluding tert-OH is 1. The molecule has 0 aromatic carbocycles. The van der Waals surface area contributed by atoms with Crippen molar-refractivity contribution in [2.75, 3.05) is 0 Å². The molecule has 10 heavy (non-hydrogen) atoms. The fourth-order valence-corrected chi connectivity index (χ4v) is 0.813. The molecule has 4 heteroatoms. The van der Waals surface area contributed by atoms with Crippen molar-refractivity contribution in [1.29, 1.82) is 0 Å². The van der Waals surface area contributed by atoms with E-state index >= 15 is 0 Å². The number of carbonyl (C=O) groups excluding carboxylic acids is 1. The van der Waals surface area contributed by atoms with Crippen LogP contribution >= 0.6 is 0 Å². The van der Waals surface area contributed by atoms with E-state index in [1.165, 1.54) is 0 Å². The summed E-state index contributed by atoms with van der Waals surface area (Å²) in [4.78, 5) is 10.2. The van der Waals surface area contributed by atoms with Crippen molar-refractivity contribution in [3.8, 4) is 0 Å². The number of nitrogens with two attached hydrogens (primary N) is 1. The number of primary amides is 1. The van der Waals surface area contributed by atoms with Crippen molar-refractivity contribution in [3.63, 3.8) is 0 Å². The summed E-state index contributed by atoms with van der Waals surface area (Å²) in [6.45, 7) is 3.46. The van der Waals surface area contributed by atoms with E-state index in [1.807, 2.05) is 0 Å². The van der Waals surface area contributed by atoms with E-state index in [2.05, 4.69) is 5.32 Å².